The molecule has 0 spiro atoms. The van der Waals surface area contributed by atoms with E-state index in [2.05, 4.69) is 89.3 Å². The fraction of sp³-hybridized carbons (Fsp3) is 0.579. The van der Waals surface area contributed by atoms with Gasteiger partial charge in [0, 0.05) is 0 Å². The fourth-order valence-electron chi connectivity index (χ4n) is 9.50. The molecule has 4 aliphatic rings. The molecule has 0 aromatic heterocycles. The molecule has 0 aliphatic heterocycles. The number of hydrogen-bond donors (Lipinski definition) is 0. The van der Waals surface area contributed by atoms with Crippen molar-refractivity contribution in [2.45, 2.75) is 124 Å². The maximum absolute atomic E-state index is 8.71. The minimum atomic E-state index is -4.71. The minimum absolute atomic E-state index is 0.205. The Morgan fingerprint density at radius 2 is 0.952 bits per heavy atom. The van der Waals surface area contributed by atoms with Crippen LogP contribution < -0.4 is 0 Å². The molecule has 0 nitrogen and oxygen atoms in total. The van der Waals surface area contributed by atoms with Gasteiger partial charge in [-0.1, -0.05) is 0 Å². The van der Waals surface area contributed by atoms with Crippen molar-refractivity contribution in [3.8, 4) is 0 Å². The number of benzene rings is 2. The van der Waals surface area contributed by atoms with Crippen molar-refractivity contribution in [1.82, 2.24) is 0 Å². The molecule has 0 bridgehead atoms. The summed E-state index contributed by atoms with van der Waals surface area (Å²) in [5.41, 5.74) is 12.2. The first-order valence-electron chi connectivity index (χ1n) is 17.3. The van der Waals surface area contributed by atoms with Crippen LogP contribution in [0.1, 0.15) is 144 Å². The molecule has 0 saturated heterocycles. The number of hydrogen-bond acceptors (Lipinski definition) is 0. The van der Waals surface area contributed by atoms with Crippen molar-refractivity contribution >= 4 is 35.1 Å². The zero-order valence-electron chi connectivity index (χ0n) is 27.0. The Hall–Kier alpha value is -0.400. The predicted octanol–water partition coefficient (Wildman–Crippen LogP) is 12.7. The third-order valence-electron chi connectivity index (χ3n) is 11.9. The van der Waals surface area contributed by atoms with E-state index in [9.17, 15) is 0 Å². The van der Waals surface area contributed by atoms with Crippen LogP contribution in [0.25, 0.3) is 12.2 Å². The molecule has 227 valence electrons. The van der Waals surface area contributed by atoms with Crippen molar-refractivity contribution in [3.05, 3.63) is 80.9 Å². The summed E-state index contributed by atoms with van der Waals surface area (Å²) < 4.78 is 0.410. The van der Waals surface area contributed by atoms with Crippen LogP contribution in [0.15, 0.2) is 47.5 Å². The van der Waals surface area contributed by atoms with Gasteiger partial charge in [0.05, 0.1) is 0 Å². The van der Waals surface area contributed by atoms with Crippen LogP contribution in [0.4, 0.5) is 0 Å². The molecule has 0 N–H and O–H groups in total. The summed E-state index contributed by atoms with van der Waals surface area (Å²) in [6, 6.07) is 14.4. The fourth-order valence-corrected chi connectivity index (χ4v) is 41.0. The van der Waals surface area contributed by atoms with Gasteiger partial charge >= 0.3 is 268 Å². The summed E-state index contributed by atoms with van der Waals surface area (Å²) in [7, 11) is 17.4. The van der Waals surface area contributed by atoms with Crippen molar-refractivity contribution in [2.75, 3.05) is 0 Å². The van der Waals surface area contributed by atoms with Crippen LogP contribution in [0.5, 0.6) is 0 Å². The Morgan fingerprint density at radius 1 is 0.595 bits per heavy atom. The van der Waals surface area contributed by atoms with E-state index in [-0.39, 0.29) is 7.25 Å². The molecule has 2 aromatic carbocycles. The second-order valence-electron chi connectivity index (χ2n) is 15.2. The van der Waals surface area contributed by atoms with Gasteiger partial charge in [-0.3, -0.25) is 0 Å². The van der Waals surface area contributed by atoms with E-state index in [1.165, 1.54) is 97.6 Å². The third-order valence-corrected chi connectivity index (χ3v) is 63.6. The molecule has 0 amide bonds. The van der Waals surface area contributed by atoms with Gasteiger partial charge in [-0.2, -0.15) is 0 Å². The molecule has 6 rings (SSSR count). The van der Waals surface area contributed by atoms with E-state index in [0.717, 1.165) is 0 Å². The van der Waals surface area contributed by atoms with Gasteiger partial charge in [0.1, 0.15) is 0 Å². The van der Waals surface area contributed by atoms with Gasteiger partial charge in [-0.25, -0.2) is 0 Å². The molecule has 2 aromatic rings. The zero-order valence-corrected chi connectivity index (χ0v) is 32.1. The predicted molar refractivity (Wildman–Crippen MR) is 186 cm³/mol. The Morgan fingerprint density at radius 3 is 1.29 bits per heavy atom. The average Bonchev–Trinajstić information content (AvgIpc) is 3.59. The monoisotopic (exact) mass is 697 g/mol. The number of fused-ring (bicyclic) bond motifs is 2. The Bertz CT molecular complexity index is 1290. The van der Waals surface area contributed by atoms with Crippen molar-refractivity contribution in [2.24, 2.45) is 11.8 Å². The Labute approximate surface area is 265 Å². The van der Waals surface area contributed by atoms with E-state index < -0.39 is 21.5 Å². The van der Waals surface area contributed by atoms with Gasteiger partial charge in [-0.15, -0.1) is 0 Å². The molecule has 2 fully saturated rings. The zero-order chi connectivity index (χ0) is 29.8. The quantitative estimate of drug-likeness (QED) is 0.252. The van der Waals surface area contributed by atoms with E-state index in [1.54, 1.807) is 11.1 Å². The Balaban J connectivity index is 1.56. The van der Waals surface area contributed by atoms with Gasteiger partial charge in [0.2, 0.25) is 0 Å². The van der Waals surface area contributed by atoms with Gasteiger partial charge < -0.3 is 0 Å². The van der Waals surface area contributed by atoms with E-state index in [1.807, 2.05) is 0 Å². The second-order valence-corrected chi connectivity index (χ2v) is 57.7. The molecule has 4 aliphatic carbocycles. The van der Waals surface area contributed by atoms with Crippen molar-refractivity contribution < 1.29 is 15.6 Å². The topological polar surface area (TPSA) is 0 Å². The standard InChI is InChI=1S/2C18H23.C2H7Si.2ClH.Zr/c2*1-13(2)16-11-15-9-6-10-17(18(15)12-16)14-7-4-3-5-8-14;1-3-2;;;/h2*6,9-14H,3-5,7-8H2,1-2H3;3H,1-2H3;2*1H;/q;;;;;+2/p-2. The average molecular weight is 700 g/mol. The summed E-state index contributed by atoms with van der Waals surface area (Å²) in [5.74, 6) is 0.677. The summed E-state index contributed by atoms with van der Waals surface area (Å²) in [5, 5.41) is 0. The summed E-state index contributed by atoms with van der Waals surface area (Å²) >= 11 is -4.71. The molecule has 2 atom stereocenters. The molecular weight excluding hydrogens is 647 g/mol. The van der Waals surface area contributed by atoms with Crippen LogP contribution in [0, 0.1) is 11.8 Å². The molecule has 2 saturated carbocycles. The van der Waals surface area contributed by atoms with Crippen molar-refractivity contribution in [3.63, 3.8) is 0 Å². The van der Waals surface area contributed by atoms with Gasteiger partial charge in [0.25, 0.3) is 0 Å². The van der Waals surface area contributed by atoms with E-state index in [0.29, 0.717) is 23.7 Å². The SMILES string of the molecule is CC(C)C1=Cc2c(C3CCCCC3)cccc2[CH]1[Zr]([Cl])([Cl])([CH]1C(C(C)C)=Cc2c(C3CCCCC3)cccc21)[SiH](C)C. The van der Waals surface area contributed by atoms with Crippen LogP contribution in [-0.4, -0.2) is 5.92 Å². The summed E-state index contributed by atoms with van der Waals surface area (Å²) in [6.45, 7) is 14.6. The third kappa shape index (κ3) is 5.10. The molecule has 0 radical (unpaired) electrons. The Kier molecular flexibility index (Phi) is 9.08. The molecular formula is C38H53Cl2SiZr. The van der Waals surface area contributed by atoms with E-state index >= 15 is 0 Å². The number of halogens is 2. The normalized spacial score (nSPS) is 24.5. The van der Waals surface area contributed by atoms with Crippen LogP contribution >= 0.6 is 17.0 Å². The van der Waals surface area contributed by atoms with Crippen LogP contribution in [0.3, 0.4) is 0 Å². The summed E-state index contributed by atoms with van der Waals surface area (Å²) in [4.78, 5) is 0. The molecule has 4 heteroatoms. The first-order chi connectivity index (χ1) is 20.0. The summed E-state index contributed by atoms with van der Waals surface area (Å²) in [6.07, 6.45) is 18.7. The van der Waals surface area contributed by atoms with Crippen molar-refractivity contribution in [1.29, 1.82) is 0 Å². The molecule has 42 heavy (non-hydrogen) atoms. The van der Waals surface area contributed by atoms with Crippen LogP contribution in [-0.2, 0) is 15.6 Å². The van der Waals surface area contributed by atoms with Gasteiger partial charge in [-0.05, 0) is 0 Å². The molecule has 2 unspecified atom stereocenters. The second kappa shape index (κ2) is 12.1. The van der Waals surface area contributed by atoms with Gasteiger partial charge in [0.15, 0.2) is 0 Å². The molecule has 0 heterocycles. The number of rotatable bonds is 7. The first kappa shape index (κ1) is 31.6. The van der Waals surface area contributed by atoms with Crippen LogP contribution in [0.2, 0.25) is 13.1 Å². The maximum atomic E-state index is 8.71. The number of allylic oxidation sites excluding steroid dienone is 2. The van der Waals surface area contributed by atoms with E-state index in [4.69, 9.17) is 17.0 Å². The first-order valence-corrected chi connectivity index (χ1v) is 33.6.